The molecule has 2 aliphatic heterocycles. The van der Waals surface area contributed by atoms with Crippen molar-refractivity contribution in [2.24, 2.45) is 5.92 Å². The Morgan fingerprint density at radius 1 is 1.13 bits per heavy atom. The van der Waals surface area contributed by atoms with Crippen LogP contribution in [0.2, 0.25) is 0 Å². The van der Waals surface area contributed by atoms with E-state index < -0.39 is 27.0 Å². The number of hydrogen-bond donors (Lipinski definition) is 0. The number of aryl methyl sites for hydroxylation is 1. The maximum absolute atomic E-state index is 13.3. The first kappa shape index (κ1) is 22.3. The zero-order valence-electron chi connectivity index (χ0n) is 18.1. The van der Waals surface area contributed by atoms with Gasteiger partial charge in [0.2, 0.25) is 9.84 Å². The highest BCUT2D eigenvalue weighted by molar-refractivity contribution is 7.92. The molecule has 1 aromatic carbocycles. The standard InChI is InChI=1S/C23H28O7S/c1-12-10-14(22(26)21-16(24)6-4-7-17(21)25)13(2)20-15(18-8-5-9-30-18)11-19(29-3)31(27,28)23(12)20/h10,15,18-19,21H,4-9,11H2,1-3H3. The molecule has 2 heterocycles. The Hall–Kier alpha value is -1.90. The first-order valence-corrected chi connectivity index (χ1v) is 12.3. The zero-order valence-corrected chi connectivity index (χ0v) is 18.9. The Morgan fingerprint density at radius 2 is 1.81 bits per heavy atom. The van der Waals surface area contributed by atoms with Gasteiger partial charge in [-0.3, -0.25) is 14.4 Å². The van der Waals surface area contributed by atoms with Gasteiger partial charge >= 0.3 is 0 Å². The molecule has 1 aliphatic carbocycles. The molecule has 0 aromatic heterocycles. The van der Waals surface area contributed by atoms with Gasteiger partial charge in [0, 0.05) is 38.0 Å². The van der Waals surface area contributed by atoms with Crippen LogP contribution < -0.4 is 0 Å². The summed E-state index contributed by atoms with van der Waals surface area (Å²) in [5.41, 5.74) is 0.827. The number of hydrogen-bond acceptors (Lipinski definition) is 7. The summed E-state index contributed by atoms with van der Waals surface area (Å²) in [5.74, 6) is -2.74. The first-order valence-electron chi connectivity index (χ1n) is 10.8. The number of methoxy groups -OCH3 is 1. The summed E-state index contributed by atoms with van der Waals surface area (Å²) < 4.78 is 37.9. The minimum atomic E-state index is -3.76. The van der Waals surface area contributed by atoms with E-state index in [4.69, 9.17) is 9.47 Å². The van der Waals surface area contributed by atoms with Crippen molar-refractivity contribution in [2.75, 3.05) is 13.7 Å². The fourth-order valence-electron chi connectivity index (χ4n) is 5.41. The molecule has 4 rings (SSSR count). The molecular weight excluding hydrogens is 420 g/mol. The van der Waals surface area contributed by atoms with Crippen LogP contribution in [-0.4, -0.2) is 51.0 Å². The summed E-state index contributed by atoms with van der Waals surface area (Å²) in [6.07, 6.45) is 2.69. The van der Waals surface area contributed by atoms with Gasteiger partial charge in [0.25, 0.3) is 0 Å². The quantitative estimate of drug-likeness (QED) is 0.515. The Kier molecular flexibility index (Phi) is 5.91. The molecule has 8 heteroatoms. The van der Waals surface area contributed by atoms with E-state index in [1.54, 1.807) is 13.8 Å². The number of carbonyl (C=O) groups is 3. The molecule has 2 fully saturated rings. The normalized spacial score (nSPS) is 28.5. The van der Waals surface area contributed by atoms with Crippen molar-refractivity contribution in [1.82, 2.24) is 0 Å². The molecule has 0 amide bonds. The molecule has 1 aromatic rings. The molecule has 168 valence electrons. The minimum absolute atomic E-state index is 0.159. The Bertz CT molecular complexity index is 1030. The number of ketones is 3. The van der Waals surface area contributed by atoms with Gasteiger partial charge in [-0.1, -0.05) is 0 Å². The fourth-order valence-corrected chi connectivity index (χ4v) is 7.51. The van der Waals surface area contributed by atoms with Crippen LogP contribution in [0.5, 0.6) is 0 Å². The van der Waals surface area contributed by atoms with Gasteiger partial charge in [0.15, 0.2) is 22.8 Å². The van der Waals surface area contributed by atoms with E-state index in [9.17, 15) is 22.8 Å². The second-order valence-electron chi connectivity index (χ2n) is 8.80. The largest absolute Gasteiger partial charge is 0.378 e. The Balaban J connectivity index is 1.90. The number of rotatable bonds is 4. The van der Waals surface area contributed by atoms with Crippen LogP contribution in [0.4, 0.5) is 0 Å². The molecule has 1 saturated carbocycles. The Labute approximate surface area is 182 Å². The molecule has 3 aliphatic rings. The van der Waals surface area contributed by atoms with Crippen molar-refractivity contribution < 1.29 is 32.3 Å². The van der Waals surface area contributed by atoms with Gasteiger partial charge in [-0.2, -0.15) is 0 Å². The van der Waals surface area contributed by atoms with Crippen molar-refractivity contribution in [3.8, 4) is 0 Å². The molecule has 0 spiro atoms. The van der Waals surface area contributed by atoms with E-state index in [-0.39, 0.29) is 53.3 Å². The summed E-state index contributed by atoms with van der Waals surface area (Å²) in [5, 5.41) is 0. The van der Waals surface area contributed by atoms with Gasteiger partial charge in [-0.25, -0.2) is 8.42 Å². The van der Waals surface area contributed by atoms with Crippen LogP contribution in [0.1, 0.15) is 71.5 Å². The van der Waals surface area contributed by atoms with E-state index in [0.29, 0.717) is 29.7 Å². The number of ether oxygens (including phenoxy) is 2. The fraction of sp³-hybridized carbons (Fsp3) is 0.609. The second kappa shape index (κ2) is 8.22. The molecule has 0 radical (unpaired) electrons. The van der Waals surface area contributed by atoms with E-state index in [1.807, 2.05) is 0 Å². The van der Waals surface area contributed by atoms with Crippen LogP contribution in [-0.2, 0) is 28.9 Å². The summed E-state index contributed by atoms with van der Waals surface area (Å²) in [6, 6.07) is 1.52. The van der Waals surface area contributed by atoms with Crippen LogP contribution in [0, 0.1) is 19.8 Å². The smallest absolute Gasteiger partial charge is 0.205 e. The van der Waals surface area contributed by atoms with E-state index in [0.717, 1.165) is 12.8 Å². The lowest BCUT2D eigenvalue weighted by Crippen LogP contribution is -2.38. The van der Waals surface area contributed by atoms with Gasteiger partial charge in [0.05, 0.1) is 11.0 Å². The molecule has 3 unspecified atom stereocenters. The van der Waals surface area contributed by atoms with Gasteiger partial charge in [-0.15, -0.1) is 0 Å². The maximum atomic E-state index is 13.3. The van der Waals surface area contributed by atoms with Crippen LogP contribution >= 0.6 is 0 Å². The summed E-state index contributed by atoms with van der Waals surface area (Å²) >= 11 is 0. The third kappa shape index (κ3) is 3.58. The van der Waals surface area contributed by atoms with Crippen molar-refractivity contribution in [2.45, 2.75) is 74.7 Å². The lowest BCUT2D eigenvalue weighted by atomic mass is 9.78. The molecule has 1 saturated heterocycles. The number of fused-ring (bicyclic) bond motifs is 1. The Morgan fingerprint density at radius 3 is 2.39 bits per heavy atom. The highest BCUT2D eigenvalue weighted by Gasteiger charge is 2.46. The highest BCUT2D eigenvalue weighted by atomic mass is 32.2. The SMILES string of the molecule is COC1CC(C2CCCO2)c2c(C)c(C(=O)C3C(=O)CCCC3=O)cc(C)c2S1(=O)=O. The molecule has 7 nitrogen and oxygen atoms in total. The van der Waals surface area contributed by atoms with Crippen molar-refractivity contribution in [1.29, 1.82) is 0 Å². The minimum Gasteiger partial charge on any atom is -0.378 e. The number of carbonyl (C=O) groups excluding carboxylic acids is 3. The summed E-state index contributed by atoms with van der Waals surface area (Å²) in [6.45, 7) is 3.98. The molecule has 3 atom stereocenters. The number of Topliss-reactive ketones (excluding diaryl/α,β-unsaturated/α-hetero) is 3. The summed E-state index contributed by atoms with van der Waals surface area (Å²) in [4.78, 5) is 38.3. The summed E-state index contributed by atoms with van der Waals surface area (Å²) in [7, 11) is -2.37. The van der Waals surface area contributed by atoms with Crippen LogP contribution in [0.3, 0.4) is 0 Å². The second-order valence-corrected chi connectivity index (χ2v) is 10.8. The molecule has 0 bridgehead atoms. The van der Waals surface area contributed by atoms with Gasteiger partial charge in [-0.05, 0) is 62.3 Å². The maximum Gasteiger partial charge on any atom is 0.205 e. The highest BCUT2D eigenvalue weighted by Crippen LogP contribution is 2.46. The van der Waals surface area contributed by atoms with Crippen molar-refractivity contribution >= 4 is 27.2 Å². The van der Waals surface area contributed by atoms with E-state index in [2.05, 4.69) is 0 Å². The van der Waals surface area contributed by atoms with E-state index in [1.165, 1.54) is 13.2 Å². The van der Waals surface area contributed by atoms with Gasteiger partial charge in [0.1, 0.15) is 5.92 Å². The zero-order chi connectivity index (χ0) is 22.5. The third-order valence-electron chi connectivity index (χ3n) is 6.91. The average Bonchev–Trinajstić information content (AvgIpc) is 3.24. The lowest BCUT2D eigenvalue weighted by Gasteiger charge is -2.36. The van der Waals surface area contributed by atoms with E-state index >= 15 is 0 Å². The molecular formula is C23H28O7S. The van der Waals surface area contributed by atoms with Crippen LogP contribution in [0.15, 0.2) is 11.0 Å². The third-order valence-corrected chi connectivity index (χ3v) is 9.10. The number of sulfone groups is 1. The predicted octanol–water partition coefficient (Wildman–Crippen LogP) is 2.84. The molecule has 31 heavy (non-hydrogen) atoms. The van der Waals surface area contributed by atoms with Crippen molar-refractivity contribution in [3.63, 3.8) is 0 Å². The monoisotopic (exact) mass is 448 g/mol. The average molecular weight is 449 g/mol. The topological polar surface area (TPSA) is 104 Å². The lowest BCUT2D eigenvalue weighted by molar-refractivity contribution is -0.133. The van der Waals surface area contributed by atoms with Crippen LogP contribution in [0.25, 0.3) is 0 Å². The molecule has 0 N–H and O–H groups in total. The van der Waals surface area contributed by atoms with Crippen molar-refractivity contribution in [3.05, 3.63) is 28.3 Å². The van der Waals surface area contributed by atoms with Gasteiger partial charge < -0.3 is 9.47 Å². The first-order chi connectivity index (χ1) is 14.7. The number of benzene rings is 1. The predicted molar refractivity (Wildman–Crippen MR) is 112 cm³/mol.